The van der Waals surface area contributed by atoms with Gasteiger partial charge in [-0.15, -0.1) is 0 Å². The molecular weight excluding hydrogens is 223 g/mol. The molecular formula is C9H10ClFN2O2. The van der Waals surface area contributed by atoms with Gasteiger partial charge in [-0.1, -0.05) is 11.6 Å². The molecule has 0 aliphatic heterocycles. The Hall–Kier alpha value is -1.36. The zero-order valence-corrected chi connectivity index (χ0v) is 9.06. The molecule has 0 aliphatic rings. The van der Waals surface area contributed by atoms with E-state index in [0.29, 0.717) is 0 Å². The molecule has 1 heterocycles. The van der Waals surface area contributed by atoms with Gasteiger partial charge in [0.25, 0.3) is 0 Å². The maximum atomic E-state index is 13.2. The molecule has 4 nitrogen and oxygen atoms in total. The second kappa shape index (κ2) is 4.44. The predicted molar refractivity (Wildman–Crippen MR) is 54.3 cm³/mol. The van der Waals surface area contributed by atoms with Crippen LogP contribution >= 0.6 is 11.6 Å². The SMILES string of the molecule is CCOC(=O)c1c(C)nc(Cl)c(F)c1N. The molecule has 82 valence electrons. The molecule has 0 saturated heterocycles. The number of ether oxygens (including phenoxy) is 1. The molecule has 0 saturated carbocycles. The number of carbonyl (C=O) groups is 1. The van der Waals surface area contributed by atoms with Crippen molar-refractivity contribution in [3.05, 3.63) is 22.2 Å². The number of rotatable bonds is 2. The number of carbonyl (C=O) groups excluding carboxylic acids is 1. The quantitative estimate of drug-likeness (QED) is 0.625. The highest BCUT2D eigenvalue weighted by Gasteiger charge is 2.20. The van der Waals surface area contributed by atoms with Crippen LogP contribution in [0.15, 0.2) is 0 Å². The Labute approximate surface area is 91.2 Å². The zero-order chi connectivity index (χ0) is 11.6. The van der Waals surface area contributed by atoms with Crippen LogP contribution in [0.4, 0.5) is 10.1 Å². The second-order valence-corrected chi connectivity index (χ2v) is 3.17. The fourth-order valence-corrected chi connectivity index (χ4v) is 1.36. The van der Waals surface area contributed by atoms with Crippen molar-refractivity contribution in [2.45, 2.75) is 13.8 Å². The molecule has 0 fully saturated rings. The molecule has 1 aromatic rings. The molecule has 6 heteroatoms. The summed E-state index contributed by atoms with van der Waals surface area (Å²) in [4.78, 5) is 15.0. The molecule has 1 rings (SSSR count). The standard InChI is InChI=1S/C9H10ClFN2O2/c1-3-15-9(14)5-4(2)13-8(10)6(11)7(5)12/h3H2,1-2H3,(H2,12,13). The Morgan fingerprint density at radius 2 is 2.27 bits per heavy atom. The monoisotopic (exact) mass is 232 g/mol. The van der Waals surface area contributed by atoms with Crippen molar-refractivity contribution < 1.29 is 13.9 Å². The van der Waals surface area contributed by atoms with E-state index in [1.54, 1.807) is 6.92 Å². The third-order valence-corrected chi connectivity index (χ3v) is 2.04. The Balaban J connectivity index is 3.29. The summed E-state index contributed by atoms with van der Waals surface area (Å²) in [5.74, 6) is -1.60. The van der Waals surface area contributed by atoms with Crippen LogP contribution < -0.4 is 5.73 Å². The van der Waals surface area contributed by atoms with Crippen molar-refractivity contribution >= 4 is 23.3 Å². The minimum Gasteiger partial charge on any atom is -0.462 e. The van der Waals surface area contributed by atoms with Crippen LogP contribution in [0.3, 0.4) is 0 Å². The molecule has 2 N–H and O–H groups in total. The Morgan fingerprint density at radius 1 is 1.67 bits per heavy atom. The third kappa shape index (κ3) is 2.18. The maximum absolute atomic E-state index is 13.2. The van der Waals surface area contributed by atoms with Crippen LogP contribution in [0, 0.1) is 12.7 Å². The predicted octanol–water partition coefficient (Wildman–Crippen LogP) is 1.94. The Morgan fingerprint density at radius 3 is 2.80 bits per heavy atom. The first-order valence-corrected chi connectivity index (χ1v) is 4.65. The molecule has 0 atom stereocenters. The summed E-state index contributed by atoms with van der Waals surface area (Å²) in [6.45, 7) is 3.33. The van der Waals surface area contributed by atoms with Gasteiger partial charge in [0.05, 0.1) is 18.0 Å². The van der Waals surface area contributed by atoms with E-state index in [0.717, 1.165) is 0 Å². The molecule has 0 unspecified atom stereocenters. The van der Waals surface area contributed by atoms with Gasteiger partial charge in [0.1, 0.15) is 5.56 Å². The van der Waals surface area contributed by atoms with E-state index < -0.39 is 11.8 Å². The topological polar surface area (TPSA) is 65.2 Å². The minimum atomic E-state index is -0.898. The second-order valence-electron chi connectivity index (χ2n) is 2.81. The van der Waals surface area contributed by atoms with E-state index in [-0.39, 0.29) is 28.7 Å². The van der Waals surface area contributed by atoms with Crippen molar-refractivity contribution in [3.8, 4) is 0 Å². The number of aryl methyl sites for hydroxylation is 1. The van der Waals surface area contributed by atoms with Gasteiger partial charge in [-0.25, -0.2) is 14.2 Å². The third-order valence-electron chi connectivity index (χ3n) is 1.79. The lowest BCUT2D eigenvalue weighted by molar-refractivity contribution is 0.0525. The van der Waals surface area contributed by atoms with Gasteiger partial charge in [-0.2, -0.15) is 0 Å². The molecule has 0 aliphatic carbocycles. The summed E-state index contributed by atoms with van der Waals surface area (Å²) in [5, 5.41) is -0.349. The number of nitrogens with two attached hydrogens (primary N) is 1. The number of hydrogen-bond acceptors (Lipinski definition) is 4. The minimum absolute atomic E-state index is 0.0706. The van der Waals surface area contributed by atoms with Crippen LogP contribution in [0.25, 0.3) is 0 Å². The van der Waals surface area contributed by atoms with Crippen LogP contribution in [-0.2, 0) is 4.74 Å². The molecule has 0 radical (unpaired) electrons. The number of pyridine rings is 1. The van der Waals surface area contributed by atoms with Crippen LogP contribution in [0.5, 0.6) is 0 Å². The van der Waals surface area contributed by atoms with Crippen molar-refractivity contribution in [2.24, 2.45) is 0 Å². The normalized spacial score (nSPS) is 10.1. The molecule has 1 aromatic heterocycles. The highest BCUT2D eigenvalue weighted by atomic mass is 35.5. The fraction of sp³-hybridized carbons (Fsp3) is 0.333. The lowest BCUT2D eigenvalue weighted by Gasteiger charge is -2.09. The average Bonchev–Trinajstić information content (AvgIpc) is 2.15. The summed E-state index contributed by atoms with van der Waals surface area (Å²) in [6.07, 6.45) is 0. The summed E-state index contributed by atoms with van der Waals surface area (Å²) < 4.78 is 18.0. The maximum Gasteiger partial charge on any atom is 0.342 e. The van der Waals surface area contributed by atoms with Gasteiger partial charge < -0.3 is 10.5 Å². The lowest BCUT2D eigenvalue weighted by Crippen LogP contribution is -2.13. The van der Waals surface area contributed by atoms with Gasteiger partial charge >= 0.3 is 5.97 Å². The van der Waals surface area contributed by atoms with Crippen LogP contribution in [0.2, 0.25) is 5.15 Å². The number of esters is 1. The highest BCUT2D eigenvalue weighted by Crippen LogP contribution is 2.25. The van der Waals surface area contributed by atoms with E-state index >= 15 is 0 Å². The summed E-state index contributed by atoms with van der Waals surface area (Å²) in [5.41, 5.74) is 5.26. The van der Waals surface area contributed by atoms with Gasteiger partial charge in [-0.05, 0) is 13.8 Å². The lowest BCUT2D eigenvalue weighted by atomic mass is 10.1. The van der Waals surface area contributed by atoms with Gasteiger partial charge in [0.15, 0.2) is 11.0 Å². The number of nitrogens with zero attached hydrogens (tertiary/aromatic N) is 1. The van der Waals surface area contributed by atoms with Crippen molar-refractivity contribution in [3.63, 3.8) is 0 Å². The largest absolute Gasteiger partial charge is 0.462 e. The Bertz CT molecular complexity index is 410. The summed E-state index contributed by atoms with van der Waals surface area (Å²) in [6, 6.07) is 0. The van der Waals surface area contributed by atoms with Crippen LogP contribution in [-0.4, -0.2) is 17.6 Å². The first-order chi connectivity index (χ1) is 6.99. The van der Waals surface area contributed by atoms with Gasteiger partial charge in [0.2, 0.25) is 0 Å². The molecule has 0 aromatic carbocycles. The number of nitrogen functional groups attached to an aromatic ring is 1. The van der Waals surface area contributed by atoms with Crippen molar-refractivity contribution in [1.29, 1.82) is 0 Å². The first kappa shape index (κ1) is 11.7. The van der Waals surface area contributed by atoms with Crippen molar-refractivity contribution in [1.82, 2.24) is 4.98 Å². The fourth-order valence-electron chi connectivity index (χ4n) is 1.13. The first-order valence-electron chi connectivity index (χ1n) is 4.27. The number of anilines is 1. The van der Waals surface area contributed by atoms with E-state index in [4.69, 9.17) is 22.1 Å². The average molecular weight is 233 g/mol. The molecule has 0 amide bonds. The number of halogens is 2. The van der Waals surface area contributed by atoms with Crippen LogP contribution in [0.1, 0.15) is 23.0 Å². The molecule has 0 spiro atoms. The zero-order valence-electron chi connectivity index (χ0n) is 8.30. The van der Waals surface area contributed by atoms with Crippen molar-refractivity contribution in [2.75, 3.05) is 12.3 Å². The Kier molecular flexibility index (Phi) is 3.47. The number of aromatic nitrogens is 1. The summed E-state index contributed by atoms with van der Waals surface area (Å²) in [7, 11) is 0. The van der Waals surface area contributed by atoms with Gasteiger partial charge in [-0.3, -0.25) is 0 Å². The smallest absolute Gasteiger partial charge is 0.342 e. The highest BCUT2D eigenvalue weighted by molar-refractivity contribution is 6.30. The molecule has 15 heavy (non-hydrogen) atoms. The molecule has 0 bridgehead atoms. The van der Waals surface area contributed by atoms with Gasteiger partial charge in [0, 0.05) is 0 Å². The summed E-state index contributed by atoms with van der Waals surface area (Å²) >= 11 is 5.45. The van der Waals surface area contributed by atoms with E-state index in [1.165, 1.54) is 6.92 Å². The van der Waals surface area contributed by atoms with E-state index in [9.17, 15) is 9.18 Å². The number of hydrogen-bond donors (Lipinski definition) is 1. The van der Waals surface area contributed by atoms with E-state index in [2.05, 4.69) is 4.98 Å². The van der Waals surface area contributed by atoms with E-state index in [1.807, 2.05) is 0 Å².